The normalized spacial score (nSPS) is 19.1. The molecule has 1 spiro atoms. The van der Waals surface area contributed by atoms with E-state index in [0.717, 1.165) is 41.4 Å². The summed E-state index contributed by atoms with van der Waals surface area (Å²) < 4.78 is 5.18. The van der Waals surface area contributed by atoms with Gasteiger partial charge in [-0.25, -0.2) is 4.98 Å². The average molecular weight is 255 g/mol. The van der Waals surface area contributed by atoms with Crippen molar-refractivity contribution < 1.29 is 9.53 Å². The van der Waals surface area contributed by atoms with Gasteiger partial charge >= 0.3 is 0 Å². The highest BCUT2D eigenvalue weighted by molar-refractivity contribution is 6.11. The molecule has 1 aliphatic carbocycles. The van der Waals surface area contributed by atoms with Gasteiger partial charge in [0.2, 0.25) is 11.8 Å². The van der Waals surface area contributed by atoms with Gasteiger partial charge in [-0.05, 0) is 12.8 Å². The smallest absolute Gasteiger partial charge is 0.235 e. The van der Waals surface area contributed by atoms with Crippen molar-refractivity contribution >= 4 is 22.5 Å². The standard InChI is InChI=1S/C14H13N3O2/c1-19-11-5-8-9(6-16-11)15-7-10-12(8)14(3-2-4-14)13(18)17-10/h5-7H,2-4H2,1H3,(H,17,18). The third kappa shape index (κ3) is 1.22. The number of aromatic nitrogens is 2. The van der Waals surface area contributed by atoms with Crippen molar-refractivity contribution in [1.82, 2.24) is 9.97 Å². The molecule has 0 bridgehead atoms. The number of nitrogens with one attached hydrogen (secondary N) is 1. The molecule has 3 heterocycles. The van der Waals surface area contributed by atoms with Crippen LogP contribution in [0.15, 0.2) is 18.5 Å². The number of carbonyl (C=O) groups excluding carboxylic acids is 1. The van der Waals surface area contributed by atoms with E-state index in [1.54, 1.807) is 19.5 Å². The maximum atomic E-state index is 12.2. The van der Waals surface area contributed by atoms with Gasteiger partial charge in [0.15, 0.2) is 0 Å². The minimum absolute atomic E-state index is 0.110. The van der Waals surface area contributed by atoms with Crippen molar-refractivity contribution in [2.75, 3.05) is 12.4 Å². The van der Waals surface area contributed by atoms with Crippen LogP contribution < -0.4 is 10.1 Å². The van der Waals surface area contributed by atoms with E-state index in [-0.39, 0.29) is 11.3 Å². The first-order valence-electron chi connectivity index (χ1n) is 6.39. The topological polar surface area (TPSA) is 64.1 Å². The molecule has 1 N–H and O–H groups in total. The summed E-state index contributed by atoms with van der Waals surface area (Å²) in [6, 6.07) is 1.88. The largest absolute Gasteiger partial charge is 0.481 e. The van der Waals surface area contributed by atoms with Crippen molar-refractivity contribution in [2.45, 2.75) is 24.7 Å². The van der Waals surface area contributed by atoms with Crippen LogP contribution in [0.3, 0.4) is 0 Å². The average Bonchev–Trinajstić information content (AvgIpc) is 2.70. The van der Waals surface area contributed by atoms with Crippen LogP contribution >= 0.6 is 0 Å². The molecular weight excluding hydrogens is 242 g/mol. The Morgan fingerprint density at radius 3 is 2.84 bits per heavy atom. The number of nitrogens with zero attached hydrogens (tertiary/aromatic N) is 2. The van der Waals surface area contributed by atoms with Gasteiger partial charge in [-0.15, -0.1) is 0 Å². The Labute approximate surface area is 110 Å². The van der Waals surface area contributed by atoms with E-state index in [1.165, 1.54) is 0 Å². The molecule has 0 unspecified atom stereocenters. The molecule has 5 heteroatoms. The fourth-order valence-electron chi connectivity index (χ4n) is 3.16. The Hall–Kier alpha value is -2.17. The first-order chi connectivity index (χ1) is 9.24. The van der Waals surface area contributed by atoms with E-state index in [4.69, 9.17) is 4.74 Å². The fourth-order valence-corrected chi connectivity index (χ4v) is 3.16. The number of rotatable bonds is 1. The Bertz CT molecular complexity index is 707. The second kappa shape index (κ2) is 3.44. The van der Waals surface area contributed by atoms with Crippen molar-refractivity contribution in [3.8, 4) is 5.88 Å². The third-order valence-corrected chi connectivity index (χ3v) is 4.31. The summed E-state index contributed by atoms with van der Waals surface area (Å²) in [5.74, 6) is 0.662. The number of amides is 1. The van der Waals surface area contributed by atoms with Crippen molar-refractivity contribution in [3.05, 3.63) is 24.0 Å². The highest BCUT2D eigenvalue weighted by atomic mass is 16.5. The number of pyridine rings is 2. The van der Waals surface area contributed by atoms with E-state index in [1.807, 2.05) is 6.07 Å². The van der Waals surface area contributed by atoms with Gasteiger partial charge in [0.1, 0.15) is 0 Å². The van der Waals surface area contributed by atoms with Gasteiger partial charge in [0, 0.05) is 17.0 Å². The van der Waals surface area contributed by atoms with Crippen LogP contribution in [0.4, 0.5) is 5.69 Å². The molecule has 0 saturated heterocycles. The molecule has 1 amide bonds. The molecule has 4 rings (SSSR count). The first kappa shape index (κ1) is 10.7. The van der Waals surface area contributed by atoms with Gasteiger partial charge in [0.05, 0.1) is 36.1 Å². The van der Waals surface area contributed by atoms with Crippen LogP contribution in [-0.2, 0) is 10.2 Å². The Morgan fingerprint density at radius 2 is 2.16 bits per heavy atom. The minimum atomic E-state index is -0.344. The van der Waals surface area contributed by atoms with Crippen LogP contribution in [0.25, 0.3) is 10.9 Å². The van der Waals surface area contributed by atoms with E-state index in [9.17, 15) is 4.79 Å². The number of hydrogen-bond donors (Lipinski definition) is 1. The van der Waals surface area contributed by atoms with Gasteiger partial charge in [0.25, 0.3) is 0 Å². The second-order valence-corrected chi connectivity index (χ2v) is 5.18. The quantitative estimate of drug-likeness (QED) is 0.846. The SMILES string of the molecule is COc1cc2c3c(cnc2cn1)NC(=O)C31CCC1. The highest BCUT2D eigenvalue weighted by Crippen LogP contribution is 2.53. The zero-order valence-electron chi connectivity index (χ0n) is 10.6. The predicted molar refractivity (Wildman–Crippen MR) is 70.2 cm³/mol. The number of ether oxygens (including phenoxy) is 1. The fraction of sp³-hybridized carbons (Fsp3) is 0.357. The highest BCUT2D eigenvalue weighted by Gasteiger charge is 2.52. The van der Waals surface area contributed by atoms with E-state index < -0.39 is 0 Å². The third-order valence-electron chi connectivity index (χ3n) is 4.31. The summed E-state index contributed by atoms with van der Waals surface area (Å²) in [5.41, 5.74) is 2.38. The molecule has 5 nitrogen and oxygen atoms in total. The Balaban J connectivity index is 2.06. The zero-order chi connectivity index (χ0) is 13.0. The number of carbonyl (C=O) groups is 1. The summed E-state index contributed by atoms with van der Waals surface area (Å²) in [6.07, 6.45) is 6.35. The molecule has 0 radical (unpaired) electrons. The number of hydrogen-bond acceptors (Lipinski definition) is 4. The van der Waals surface area contributed by atoms with Gasteiger partial charge in [-0.1, -0.05) is 6.42 Å². The first-order valence-corrected chi connectivity index (χ1v) is 6.39. The lowest BCUT2D eigenvalue weighted by Crippen LogP contribution is -2.40. The summed E-state index contributed by atoms with van der Waals surface area (Å²) >= 11 is 0. The monoisotopic (exact) mass is 255 g/mol. The van der Waals surface area contributed by atoms with Gasteiger partial charge in [-0.2, -0.15) is 0 Å². The van der Waals surface area contributed by atoms with Crippen LogP contribution in [0, 0.1) is 0 Å². The van der Waals surface area contributed by atoms with Crippen molar-refractivity contribution in [2.24, 2.45) is 0 Å². The minimum Gasteiger partial charge on any atom is -0.481 e. The molecular formula is C14H13N3O2. The van der Waals surface area contributed by atoms with E-state index >= 15 is 0 Å². The lowest BCUT2D eigenvalue weighted by molar-refractivity contribution is -0.123. The maximum Gasteiger partial charge on any atom is 0.235 e. The molecule has 0 atom stereocenters. The number of fused-ring (bicyclic) bond motifs is 4. The van der Waals surface area contributed by atoms with E-state index in [0.29, 0.717) is 5.88 Å². The summed E-state index contributed by atoms with van der Waals surface area (Å²) in [5, 5.41) is 3.93. The molecule has 1 saturated carbocycles. The molecule has 19 heavy (non-hydrogen) atoms. The van der Waals surface area contributed by atoms with Gasteiger partial charge < -0.3 is 10.1 Å². The molecule has 2 aromatic rings. The van der Waals surface area contributed by atoms with Gasteiger partial charge in [-0.3, -0.25) is 9.78 Å². The van der Waals surface area contributed by atoms with Crippen molar-refractivity contribution in [3.63, 3.8) is 0 Å². The van der Waals surface area contributed by atoms with Crippen LogP contribution in [0.2, 0.25) is 0 Å². The summed E-state index contributed by atoms with van der Waals surface area (Å²) in [7, 11) is 1.59. The number of anilines is 1. The molecule has 96 valence electrons. The van der Waals surface area contributed by atoms with Crippen LogP contribution in [0.5, 0.6) is 5.88 Å². The number of methoxy groups -OCH3 is 1. The lowest BCUT2D eigenvalue weighted by Gasteiger charge is -2.36. The Morgan fingerprint density at radius 1 is 1.32 bits per heavy atom. The lowest BCUT2D eigenvalue weighted by atomic mass is 9.64. The zero-order valence-corrected chi connectivity index (χ0v) is 10.6. The van der Waals surface area contributed by atoms with Crippen LogP contribution in [-0.4, -0.2) is 23.0 Å². The molecule has 1 aliphatic heterocycles. The van der Waals surface area contributed by atoms with E-state index in [2.05, 4.69) is 15.3 Å². The molecule has 2 aliphatic rings. The summed E-state index contributed by atoms with van der Waals surface area (Å²) in [4.78, 5) is 20.8. The molecule has 2 aromatic heterocycles. The van der Waals surface area contributed by atoms with Crippen molar-refractivity contribution in [1.29, 1.82) is 0 Å². The Kier molecular flexibility index (Phi) is 1.94. The molecule has 0 aromatic carbocycles. The molecule has 1 fully saturated rings. The summed E-state index contributed by atoms with van der Waals surface area (Å²) in [6.45, 7) is 0. The second-order valence-electron chi connectivity index (χ2n) is 5.18. The maximum absolute atomic E-state index is 12.2. The predicted octanol–water partition coefficient (Wildman–Crippen LogP) is 2.01. The van der Waals surface area contributed by atoms with Crippen LogP contribution in [0.1, 0.15) is 24.8 Å².